The molecule has 180 valence electrons. The van der Waals surface area contributed by atoms with E-state index in [2.05, 4.69) is 20.6 Å². The zero-order valence-electron chi connectivity index (χ0n) is 20.3. The second kappa shape index (κ2) is 10.5. The van der Waals surface area contributed by atoms with Crippen LogP contribution in [0.4, 0.5) is 0 Å². The Labute approximate surface area is 205 Å². The first-order chi connectivity index (χ1) is 16.9. The summed E-state index contributed by atoms with van der Waals surface area (Å²) in [5, 5.41) is 11.5. The predicted molar refractivity (Wildman–Crippen MR) is 134 cm³/mol. The Morgan fingerprint density at radius 2 is 1.69 bits per heavy atom. The van der Waals surface area contributed by atoms with E-state index in [1.165, 1.54) is 0 Å². The number of nitrogens with one attached hydrogen (secondary N) is 1. The van der Waals surface area contributed by atoms with Gasteiger partial charge in [0.1, 0.15) is 18.1 Å². The molecule has 0 aliphatic carbocycles. The van der Waals surface area contributed by atoms with Gasteiger partial charge in [-0.25, -0.2) is 4.68 Å². The monoisotopic (exact) mass is 470 g/mol. The van der Waals surface area contributed by atoms with E-state index in [9.17, 15) is 9.59 Å². The molecule has 0 bridgehead atoms. The molecule has 35 heavy (non-hydrogen) atoms. The maximum Gasteiger partial charge on any atom is 0.247 e. The summed E-state index contributed by atoms with van der Waals surface area (Å²) in [6, 6.07) is 19.9. The molecule has 1 N–H and O–H groups in total. The molecule has 0 saturated heterocycles. The van der Waals surface area contributed by atoms with Crippen molar-refractivity contribution in [3.05, 3.63) is 90.3 Å². The number of para-hydroxylation sites is 1. The molecular weight excluding hydrogens is 440 g/mol. The molecule has 0 saturated carbocycles. The third kappa shape index (κ3) is 5.71. The molecule has 8 heteroatoms. The van der Waals surface area contributed by atoms with Gasteiger partial charge in [-0.15, -0.1) is 5.10 Å². The highest BCUT2D eigenvalue weighted by atomic mass is 16.2. The van der Waals surface area contributed by atoms with Crippen LogP contribution in [0.15, 0.2) is 79.1 Å². The molecule has 1 atom stereocenters. The van der Waals surface area contributed by atoms with E-state index in [4.69, 9.17) is 0 Å². The molecule has 4 rings (SSSR count). The fraction of sp³-hybridized carbons (Fsp3) is 0.296. The first kappa shape index (κ1) is 24.1. The van der Waals surface area contributed by atoms with Crippen molar-refractivity contribution < 1.29 is 9.59 Å². The minimum atomic E-state index is -0.841. The number of carbonyl (C=O) groups excluding carboxylic acids is 2. The van der Waals surface area contributed by atoms with E-state index in [1.54, 1.807) is 34.1 Å². The highest BCUT2D eigenvalue weighted by molar-refractivity contribution is 5.89. The molecule has 2 heterocycles. The van der Waals surface area contributed by atoms with Gasteiger partial charge in [-0.3, -0.25) is 14.6 Å². The van der Waals surface area contributed by atoms with Crippen molar-refractivity contribution in [3.63, 3.8) is 0 Å². The Balaban J connectivity index is 1.74. The van der Waals surface area contributed by atoms with Crippen molar-refractivity contribution in [2.75, 3.05) is 0 Å². The van der Waals surface area contributed by atoms with Crippen LogP contribution in [0.5, 0.6) is 0 Å². The summed E-state index contributed by atoms with van der Waals surface area (Å²) in [6.45, 7) is 6.18. The molecule has 0 radical (unpaired) electrons. The standard InChI is InChI=1S/C27H30N6O2/c1-4-27(2,3)29-26(35)25(21-14-16-28-17-15-21)32(18-20-10-6-5-7-11-20)24(34)19-33-23-13-9-8-12-22(23)30-31-33/h5-17,25H,4,18-19H2,1-3H3,(H,29,35)/t25-/m0/s1. The highest BCUT2D eigenvalue weighted by Crippen LogP contribution is 2.25. The van der Waals surface area contributed by atoms with Crippen LogP contribution in [0.1, 0.15) is 44.4 Å². The van der Waals surface area contributed by atoms with E-state index in [1.807, 2.05) is 75.4 Å². The zero-order chi connectivity index (χ0) is 24.8. The second-order valence-corrected chi connectivity index (χ2v) is 9.15. The highest BCUT2D eigenvalue weighted by Gasteiger charge is 2.34. The number of rotatable bonds is 9. The Kier molecular flexibility index (Phi) is 7.19. The smallest absolute Gasteiger partial charge is 0.247 e. The molecule has 2 aromatic heterocycles. The molecule has 0 fully saturated rings. The first-order valence-corrected chi connectivity index (χ1v) is 11.7. The van der Waals surface area contributed by atoms with Gasteiger partial charge in [-0.05, 0) is 55.7 Å². The molecule has 0 aliphatic heterocycles. The largest absolute Gasteiger partial charge is 0.349 e. The van der Waals surface area contributed by atoms with Crippen LogP contribution in [0.2, 0.25) is 0 Å². The van der Waals surface area contributed by atoms with Crippen molar-refractivity contribution >= 4 is 22.8 Å². The Morgan fingerprint density at radius 3 is 2.40 bits per heavy atom. The number of benzene rings is 2. The van der Waals surface area contributed by atoms with Crippen molar-refractivity contribution in [2.24, 2.45) is 0 Å². The van der Waals surface area contributed by atoms with Crippen molar-refractivity contribution in [1.82, 2.24) is 30.2 Å². The SMILES string of the molecule is CCC(C)(C)NC(=O)[C@H](c1ccncc1)N(Cc1ccccc1)C(=O)Cn1nnc2ccccc21. The van der Waals surface area contributed by atoms with Gasteiger partial charge in [0.15, 0.2) is 0 Å². The molecule has 2 aromatic carbocycles. The Morgan fingerprint density at radius 1 is 1.00 bits per heavy atom. The number of aromatic nitrogens is 4. The van der Waals surface area contributed by atoms with Crippen LogP contribution >= 0.6 is 0 Å². The number of carbonyl (C=O) groups is 2. The third-order valence-corrected chi connectivity index (χ3v) is 6.15. The summed E-state index contributed by atoms with van der Waals surface area (Å²) in [7, 11) is 0. The van der Waals surface area contributed by atoms with Gasteiger partial charge in [0.05, 0.1) is 5.52 Å². The van der Waals surface area contributed by atoms with Gasteiger partial charge >= 0.3 is 0 Å². The molecule has 0 aliphatic rings. The second-order valence-electron chi connectivity index (χ2n) is 9.15. The molecular formula is C27H30N6O2. The molecule has 8 nitrogen and oxygen atoms in total. The van der Waals surface area contributed by atoms with Crippen LogP contribution < -0.4 is 5.32 Å². The fourth-order valence-electron chi connectivity index (χ4n) is 3.87. The Hall–Kier alpha value is -4.07. The lowest BCUT2D eigenvalue weighted by Gasteiger charge is -2.34. The Bertz CT molecular complexity index is 1290. The van der Waals surface area contributed by atoms with E-state index in [0.717, 1.165) is 17.5 Å². The summed E-state index contributed by atoms with van der Waals surface area (Å²) in [5.41, 5.74) is 2.66. The van der Waals surface area contributed by atoms with Crippen molar-refractivity contribution in [1.29, 1.82) is 0 Å². The molecule has 0 spiro atoms. The normalized spacial score (nSPS) is 12.3. The van der Waals surface area contributed by atoms with Gasteiger partial charge in [0.2, 0.25) is 11.8 Å². The molecule has 2 amide bonds. The summed E-state index contributed by atoms with van der Waals surface area (Å²) < 4.78 is 1.58. The lowest BCUT2D eigenvalue weighted by atomic mass is 9.98. The zero-order valence-corrected chi connectivity index (χ0v) is 20.3. The summed E-state index contributed by atoms with van der Waals surface area (Å²) in [4.78, 5) is 33.3. The summed E-state index contributed by atoms with van der Waals surface area (Å²) in [6.07, 6.45) is 4.02. The predicted octanol–water partition coefficient (Wildman–Crippen LogP) is 3.90. The van der Waals surface area contributed by atoms with Gasteiger partial charge < -0.3 is 10.2 Å². The lowest BCUT2D eigenvalue weighted by Crippen LogP contribution is -2.50. The number of hydrogen-bond donors (Lipinski definition) is 1. The lowest BCUT2D eigenvalue weighted by molar-refractivity contribution is -0.143. The van der Waals surface area contributed by atoms with Crippen LogP contribution in [0, 0.1) is 0 Å². The third-order valence-electron chi connectivity index (χ3n) is 6.15. The van der Waals surface area contributed by atoms with Gasteiger partial charge in [0, 0.05) is 24.5 Å². The average Bonchev–Trinajstić information content (AvgIpc) is 3.27. The number of fused-ring (bicyclic) bond motifs is 1. The quantitative estimate of drug-likeness (QED) is 0.400. The van der Waals surface area contributed by atoms with Gasteiger partial charge in [-0.2, -0.15) is 0 Å². The van der Waals surface area contributed by atoms with Crippen molar-refractivity contribution in [2.45, 2.75) is 51.9 Å². The van der Waals surface area contributed by atoms with E-state index in [-0.39, 0.29) is 24.9 Å². The number of nitrogens with zero attached hydrogens (tertiary/aromatic N) is 5. The number of amides is 2. The average molecular weight is 471 g/mol. The van der Waals surface area contributed by atoms with E-state index in [0.29, 0.717) is 11.1 Å². The maximum absolute atomic E-state index is 13.9. The summed E-state index contributed by atoms with van der Waals surface area (Å²) in [5.74, 6) is -0.480. The van der Waals surface area contributed by atoms with Crippen LogP contribution in [0.3, 0.4) is 0 Å². The summed E-state index contributed by atoms with van der Waals surface area (Å²) >= 11 is 0. The van der Waals surface area contributed by atoms with Crippen LogP contribution in [-0.4, -0.2) is 42.2 Å². The maximum atomic E-state index is 13.9. The fourth-order valence-corrected chi connectivity index (χ4v) is 3.87. The topological polar surface area (TPSA) is 93.0 Å². The number of hydrogen-bond acceptors (Lipinski definition) is 5. The first-order valence-electron chi connectivity index (χ1n) is 11.7. The van der Waals surface area contributed by atoms with Gasteiger partial charge in [0.25, 0.3) is 0 Å². The van der Waals surface area contributed by atoms with Crippen LogP contribution in [-0.2, 0) is 22.7 Å². The van der Waals surface area contributed by atoms with Crippen LogP contribution in [0.25, 0.3) is 11.0 Å². The van der Waals surface area contributed by atoms with Crippen molar-refractivity contribution in [3.8, 4) is 0 Å². The van der Waals surface area contributed by atoms with Gasteiger partial charge in [-0.1, -0.05) is 54.6 Å². The van der Waals surface area contributed by atoms with E-state index >= 15 is 0 Å². The minimum absolute atomic E-state index is 0.0423. The molecule has 0 unspecified atom stereocenters. The van der Waals surface area contributed by atoms with E-state index < -0.39 is 11.6 Å². The number of pyridine rings is 1. The minimum Gasteiger partial charge on any atom is -0.349 e. The molecule has 4 aromatic rings.